The number of nitrogens with one attached hydrogen (secondary N) is 1. The molecule has 7 heteroatoms. The molecular weight excluding hydrogens is 378 g/mol. The zero-order chi connectivity index (χ0) is 21.5. The summed E-state index contributed by atoms with van der Waals surface area (Å²) in [5.41, 5.74) is 1.61. The zero-order valence-corrected chi connectivity index (χ0v) is 18.1. The second-order valence-electron chi connectivity index (χ2n) is 7.97. The largest absolute Gasteiger partial charge is 0.353 e. The topological polar surface area (TPSA) is 78.4 Å². The number of carbonyl (C=O) groups excluding carboxylic acids is 2. The van der Waals surface area contributed by atoms with Crippen molar-refractivity contribution in [1.82, 2.24) is 20.2 Å². The molecule has 0 unspecified atom stereocenters. The van der Waals surface area contributed by atoms with Gasteiger partial charge in [-0.1, -0.05) is 32.0 Å². The Hall–Kier alpha value is -2.96. The van der Waals surface area contributed by atoms with Gasteiger partial charge in [0.05, 0.1) is 0 Å². The predicted molar refractivity (Wildman–Crippen MR) is 118 cm³/mol. The Balaban J connectivity index is 1.42. The maximum atomic E-state index is 12.5. The molecule has 1 aliphatic heterocycles. The molecule has 0 radical (unpaired) electrons. The van der Waals surface area contributed by atoms with E-state index in [0.29, 0.717) is 38.0 Å². The van der Waals surface area contributed by atoms with Crippen LogP contribution >= 0.6 is 0 Å². The van der Waals surface area contributed by atoms with E-state index in [9.17, 15) is 9.59 Å². The van der Waals surface area contributed by atoms with Crippen LogP contribution in [0, 0.1) is 6.92 Å². The van der Waals surface area contributed by atoms with Crippen LogP contribution in [0.1, 0.15) is 54.5 Å². The van der Waals surface area contributed by atoms with Crippen LogP contribution in [0.3, 0.4) is 0 Å². The highest BCUT2D eigenvalue weighted by atomic mass is 16.2. The van der Waals surface area contributed by atoms with Crippen molar-refractivity contribution in [3.05, 3.63) is 53.5 Å². The highest BCUT2D eigenvalue weighted by Crippen LogP contribution is 2.19. The van der Waals surface area contributed by atoms with Crippen LogP contribution in [-0.4, -0.2) is 59.4 Å². The van der Waals surface area contributed by atoms with Gasteiger partial charge in [-0.15, -0.1) is 0 Å². The fourth-order valence-electron chi connectivity index (χ4n) is 3.47. The SMILES string of the molecule is Cc1cc(N2CCN(C(=O)CCCNC(=O)c3ccccc3)CC2)nc(C(C)C)n1. The van der Waals surface area contributed by atoms with E-state index in [1.54, 1.807) is 12.1 Å². The monoisotopic (exact) mass is 409 g/mol. The van der Waals surface area contributed by atoms with E-state index in [4.69, 9.17) is 4.98 Å². The van der Waals surface area contributed by atoms with Gasteiger partial charge in [0.15, 0.2) is 0 Å². The molecule has 1 aromatic heterocycles. The third kappa shape index (κ3) is 5.78. The second kappa shape index (κ2) is 10.2. The fraction of sp³-hybridized carbons (Fsp3) is 0.478. The van der Waals surface area contributed by atoms with Gasteiger partial charge < -0.3 is 15.1 Å². The summed E-state index contributed by atoms with van der Waals surface area (Å²) < 4.78 is 0. The van der Waals surface area contributed by atoms with Gasteiger partial charge in [0.2, 0.25) is 5.91 Å². The Kier molecular flexibility index (Phi) is 7.38. The summed E-state index contributed by atoms with van der Waals surface area (Å²) in [4.78, 5) is 37.9. The van der Waals surface area contributed by atoms with E-state index in [0.717, 1.165) is 30.4 Å². The van der Waals surface area contributed by atoms with Gasteiger partial charge in [-0.05, 0) is 25.5 Å². The minimum Gasteiger partial charge on any atom is -0.353 e. The van der Waals surface area contributed by atoms with Crippen molar-refractivity contribution < 1.29 is 9.59 Å². The standard InChI is InChI=1S/C23H31N5O2/c1-17(2)22-25-18(3)16-20(26-22)27-12-14-28(15-13-27)21(29)10-7-11-24-23(30)19-8-5-4-6-9-19/h4-6,8-9,16-17H,7,10-15H2,1-3H3,(H,24,30). The Morgan fingerprint density at radius 2 is 1.77 bits per heavy atom. The molecule has 0 aliphatic carbocycles. The van der Waals surface area contributed by atoms with Crippen LogP contribution in [-0.2, 0) is 4.79 Å². The summed E-state index contributed by atoms with van der Waals surface area (Å²) in [7, 11) is 0. The number of anilines is 1. The van der Waals surface area contributed by atoms with Crippen LogP contribution in [0.5, 0.6) is 0 Å². The van der Waals surface area contributed by atoms with Crippen molar-refractivity contribution in [2.75, 3.05) is 37.6 Å². The van der Waals surface area contributed by atoms with Crippen molar-refractivity contribution in [1.29, 1.82) is 0 Å². The molecule has 0 saturated carbocycles. The van der Waals surface area contributed by atoms with Gasteiger partial charge in [0, 0.05) is 62.4 Å². The van der Waals surface area contributed by atoms with E-state index < -0.39 is 0 Å². The lowest BCUT2D eigenvalue weighted by Crippen LogP contribution is -2.49. The molecular formula is C23H31N5O2. The Bertz CT molecular complexity index is 861. The normalized spacial score (nSPS) is 14.1. The summed E-state index contributed by atoms with van der Waals surface area (Å²) >= 11 is 0. The summed E-state index contributed by atoms with van der Waals surface area (Å²) in [6.45, 7) is 9.60. The molecule has 1 aliphatic rings. The molecule has 1 aromatic carbocycles. The zero-order valence-electron chi connectivity index (χ0n) is 18.1. The van der Waals surface area contributed by atoms with E-state index in [2.05, 4.69) is 29.0 Å². The molecule has 3 rings (SSSR count). The molecule has 0 spiro atoms. The van der Waals surface area contributed by atoms with Crippen molar-refractivity contribution in [3.8, 4) is 0 Å². The van der Waals surface area contributed by atoms with Crippen molar-refractivity contribution in [2.24, 2.45) is 0 Å². The first-order chi connectivity index (χ1) is 14.4. The number of aromatic nitrogens is 2. The minimum atomic E-state index is -0.0995. The van der Waals surface area contributed by atoms with E-state index in [1.165, 1.54) is 0 Å². The van der Waals surface area contributed by atoms with E-state index in [1.807, 2.05) is 36.1 Å². The van der Waals surface area contributed by atoms with E-state index >= 15 is 0 Å². The van der Waals surface area contributed by atoms with Crippen LogP contribution in [0.4, 0.5) is 5.82 Å². The molecule has 1 saturated heterocycles. The lowest BCUT2D eigenvalue weighted by atomic mass is 10.2. The highest BCUT2D eigenvalue weighted by Gasteiger charge is 2.22. The Morgan fingerprint density at radius 3 is 2.43 bits per heavy atom. The molecule has 2 aromatic rings. The van der Waals surface area contributed by atoms with Gasteiger partial charge in [-0.3, -0.25) is 9.59 Å². The molecule has 1 N–H and O–H groups in total. The lowest BCUT2D eigenvalue weighted by molar-refractivity contribution is -0.131. The van der Waals surface area contributed by atoms with Crippen LogP contribution < -0.4 is 10.2 Å². The molecule has 160 valence electrons. The van der Waals surface area contributed by atoms with E-state index in [-0.39, 0.29) is 17.7 Å². The number of nitrogens with zero attached hydrogens (tertiary/aromatic N) is 4. The third-order valence-electron chi connectivity index (χ3n) is 5.22. The average Bonchev–Trinajstić information content (AvgIpc) is 2.76. The first-order valence-corrected chi connectivity index (χ1v) is 10.7. The number of carbonyl (C=O) groups is 2. The average molecular weight is 410 g/mol. The first kappa shape index (κ1) is 21.7. The first-order valence-electron chi connectivity index (χ1n) is 10.7. The molecule has 1 fully saturated rings. The molecule has 0 atom stereocenters. The molecule has 30 heavy (non-hydrogen) atoms. The Labute approximate surface area is 178 Å². The number of piperazine rings is 1. The van der Waals surface area contributed by atoms with Gasteiger partial charge in [0.1, 0.15) is 11.6 Å². The van der Waals surface area contributed by atoms with Crippen molar-refractivity contribution in [2.45, 2.75) is 39.5 Å². The quantitative estimate of drug-likeness (QED) is 0.712. The summed E-state index contributed by atoms with van der Waals surface area (Å²) in [6, 6.07) is 11.1. The second-order valence-corrected chi connectivity index (χ2v) is 7.97. The number of aryl methyl sites for hydroxylation is 1. The molecule has 2 amide bonds. The maximum absolute atomic E-state index is 12.5. The minimum absolute atomic E-state index is 0.0995. The van der Waals surface area contributed by atoms with Gasteiger partial charge >= 0.3 is 0 Å². The highest BCUT2D eigenvalue weighted by molar-refractivity contribution is 5.94. The van der Waals surface area contributed by atoms with Crippen LogP contribution in [0.2, 0.25) is 0 Å². The van der Waals surface area contributed by atoms with Gasteiger partial charge in [-0.2, -0.15) is 0 Å². The van der Waals surface area contributed by atoms with Gasteiger partial charge in [-0.25, -0.2) is 9.97 Å². The summed E-state index contributed by atoms with van der Waals surface area (Å²) in [5.74, 6) is 2.14. The molecule has 0 bridgehead atoms. The van der Waals surface area contributed by atoms with Crippen molar-refractivity contribution >= 4 is 17.6 Å². The number of amides is 2. The maximum Gasteiger partial charge on any atom is 0.251 e. The predicted octanol–water partition coefficient (Wildman–Crippen LogP) is 2.77. The summed E-state index contributed by atoms with van der Waals surface area (Å²) in [6.07, 6.45) is 1.08. The number of hydrogen-bond acceptors (Lipinski definition) is 5. The fourth-order valence-corrected chi connectivity index (χ4v) is 3.47. The third-order valence-corrected chi connectivity index (χ3v) is 5.22. The van der Waals surface area contributed by atoms with Crippen molar-refractivity contribution in [3.63, 3.8) is 0 Å². The molecule has 7 nitrogen and oxygen atoms in total. The summed E-state index contributed by atoms with van der Waals surface area (Å²) in [5, 5.41) is 2.87. The smallest absolute Gasteiger partial charge is 0.251 e. The molecule has 2 heterocycles. The number of rotatable bonds is 7. The number of benzene rings is 1. The van der Waals surface area contributed by atoms with Gasteiger partial charge in [0.25, 0.3) is 5.91 Å². The lowest BCUT2D eigenvalue weighted by Gasteiger charge is -2.35. The van der Waals surface area contributed by atoms with Crippen LogP contribution in [0.25, 0.3) is 0 Å². The Morgan fingerprint density at radius 1 is 1.07 bits per heavy atom. The number of hydrogen-bond donors (Lipinski definition) is 1. The van der Waals surface area contributed by atoms with Crippen LogP contribution in [0.15, 0.2) is 36.4 Å².